The lowest BCUT2D eigenvalue weighted by atomic mass is 10.3. The van der Waals surface area contributed by atoms with Crippen LogP contribution in [0.2, 0.25) is 5.02 Å². The third-order valence-corrected chi connectivity index (χ3v) is 4.60. The van der Waals surface area contributed by atoms with Crippen molar-refractivity contribution < 1.29 is 18.0 Å². The highest BCUT2D eigenvalue weighted by molar-refractivity contribution is 7.89. The van der Waals surface area contributed by atoms with Gasteiger partial charge in [0.2, 0.25) is 21.8 Å². The van der Waals surface area contributed by atoms with Crippen molar-refractivity contribution >= 4 is 39.1 Å². The van der Waals surface area contributed by atoms with Gasteiger partial charge in [-0.15, -0.1) is 0 Å². The standard InChI is InChI=1S/C10H13ClN4O4S/c11-6-2-1-3-7(12)10(6)20(18,19)15(4-8(13)16)5-9(14)17/h1-3H,4-5,12H2,(H2,13,16)(H2,14,17). The zero-order valence-electron chi connectivity index (χ0n) is 10.2. The molecule has 0 unspecified atom stereocenters. The molecule has 0 fully saturated rings. The Morgan fingerprint density at radius 1 is 1.15 bits per heavy atom. The first kappa shape index (κ1) is 16.2. The Kier molecular flexibility index (Phi) is 4.93. The topological polar surface area (TPSA) is 150 Å². The number of primary amides is 2. The molecule has 0 radical (unpaired) electrons. The quantitative estimate of drug-likeness (QED) is 0.567. The minimum Gasteiger partial charge on any atom is -0.398 e. The predicted molar refractivity (Wildman–Crippen MR) is 73.0 cm³/mol. The van der Waals surface area contributed by atoms with E-state index in [0.717, 1.165) is 0 Å². The highest BCUT2D eigenvalue weighted by Crippen LogP contribution is 2.29. The molecule has 8 nitrogen and oxygen atoms in total. The number of nitrogens with zero attached hydrogens (tertiary/aromatic N) is 1. The number of halogens is 1. The van der Waals surface area contributed by atoms with E-state index in [1.54, 1.807) is 0 Å². The summed E-state index contributed by atoms with van der Waals surface area (Å²) < 4.78 is 25.3. The molecule has 1 aromatic carbocycles. The van der Waals surface area contributed by atoms with E-state index >= 15 is 0 Å². The largest absolute Gasteiger partial charge is 0.398 e. The maximum atomic E-state index is 12.4. The molecule has 1 aromatic rings. The van der Waals surface area contributed by atoms with E-state index in [-0.39, 0.29) is 10.7 Å². The zero-order chi connectivity index (χ0) is 15.5. The normalized spacial score (nSPS) is 11.5. The van der Waals surface area contributed by atoms with Crippen LogP contribution in [0.25, 0.3) is 0 Å². The molecule has 1 rings (SSSR count). The minimum atomic E-state index is -4.28. The Labute approximate surface area is 120 Å². The lowest BCUT2D eigenvalue weighted by Gasteiger charge is -2.20. The summed E-state index contributed by atoms with van der Waals surface area (Å²) in [4.78, 5) is 21.5. The van der Waals surface area contributed by atoms with Crippen molar-refractivity contribution in [3.8, 4) is 0 Å². The number of sulfonamides is 1. The van der Waals surface area contributed by atoms with Crippen molar-refractivity contribution in [1.82, 2.24) is 4.31 Å². The van der Waals surface area contributed by atoms with Crippen LogP contribution in [-0.2, 0) is 19.6 Å². The van der Waals surface area contributed by atoms with Gasteiger partial charge in [-0.05, 0) is 12.1 Å². The number of hydrogen-bond donors (Lipinski definition) is 3. The van der Waals surface area contributed by atoms with Crippen LogP contribution in [0.4, 0.5) is 5.69 Å². The van der Waals surface area contributed by atoms with Gasteiger partial charge in [-0.1, -0.05) is 17.7 Å². The molecule has 6 N–H and O–H groups in total. The van der Waals surface area contributed by atoms with Gasteiger partial charge < -0.3 is 17.2 Å². The third-order valence-electron chi connectivity index (χ3n) is 2.26. The first-order chi connectivity index (χ1) is 9.16. The molecule has 2 amide bonds. The molecule has 0 atom stereocenters. The Morgan fingerprint density at radius 2 is 1.65 bits per heavy atom. The van der Waals surface area contributed by atoms with E-state index in [2.05, 4.69) is 0 Å². The Bertz CT molecular complexity index is 610. The first-order valence-electron chi connectivity index (χ1n) is 5.27. The van der Waals surface area contributed by atoms with E-state index in [0.29, 0.717) is 4.31 Å². The van der Waals surface area contributed by atoms with Crippen LogP contribution >= 0.6 is 11.6 Å². The van der Waals surface area contributed by atoms with Crippen molar-refractivity contribution in [1.29, 1.82) is 0 Å². The molecule has 0 heterocycles. The van der Waals surface area contributed by atoms with Crippen molar-refractivity contribution in [2.45, 2.75) is 4.90 Å². The second-order valence-electron chi connectivity index (χ2n) is 3.86. The fraction of sp³-hybridized carbons (Fsp3) is 0.200. The number of anilines is 1. The van der Waals surface area contributed by atoms with Gasteiger partial charge in [0, 0.05) is 0 Å². The molecule has 0 aromatic heterocycles. The van der Waals surface area contributed by atoms with Gasteiger partial charge in [0.15, 0.2) is 0 Å². The van der Waals surface area contributed by atoms with Gasteiger partial charge in [-0.3, -0.25) is 9.59 Å². The summed E-state index contributed by atoms with van der Waals surface area (Å²) in [5, 5.41) is -0.135. The van der Waals surface area contributed by atoms with Gasteiger partial charge in [-0.2, -0.15) is 4.31 Å². The Balaban J connectivity index is 3.36. The second kappa shape index (κ2) is 6.07. The molecule has 20 heavy (non-hydrogen) atoms. The molecule has 110 valence electrons. The lowest BCUT2D eigenvalue weighted by Crippen LogP contribution is -2.43. The summed E-state index contributed by atoms with van der Waals surface area (Å²) in [6.45, 7) is -1.42. The number of hydrogen-bond acceptors (Lipinski definition) is 5. The highest BCUT2D eigenvalue weighted by atomic mass is 35.5. The minimum absolute atomic E-state index is 0.114. The number of rotatable bonds is 6. The molecule has 0 spiro atoms. The number of benzene rings is 1. The predicted octanol–water partition coefficient (Wildman–Crippen LogP) is -1.12. The summed E-state index contributed by atoms with van der Waals surface area (Å²) in [5.41, 5.74) is 15.4. The lowest BCUT2D eigenvalue weighted by molar-refractivity contribution is -0.120. The van der Waals surface area contributed by atoms with Crippen LogP contribution in [0.3, 0.4) is 0 Å². The van der Waals surface area contributed by atoms with E-state index < -0.39 is 39.8 Å². The molecule has 0 saturated heterocycles. The molecule has 0 aliphatic heterocycles. The zero-order valence-corrected chi connectivity index (χ0v) is 11.8. The fourth-order valence-electron chi connectivity index (χ4n) is 1.50. The number of nitrogen functional groups attached to an aromatic ring is 1. The number of carbonyl (C=O) groups is 2. The van der Waals surface area contributed by atoms with E-state index in [9.17, 15) is 18.0 Å². The van der Waals surface area contributed by atoms with Crippen molar-refractivity contribution in [3.05, 3.63) is 23.2 Å². The fourth-order valence-corrected chi connectivity index (χ4v) is 3.51. The molecule has 0 aliphatic carbocycles. The SMILES string of the molecule is NC(=O)CN(CC(N)=O)S(=O)(=O)c1c(N)cccc1Cl. The molecular formula is C10H13ClN4O4S. The molecular weight excluding hydrogens is 308 g/mol. The van der Waals surface area contributed by atoms with Crippen molar-refractivity contribution in [2.75, 3.05) is 18.8 Å². The third kappa shape index (κ3) is 3.59. The van der Waals surface area contributed by atoms with Gasteiger partial charge in [0.1, 0.15) is 4.90 Å². The highest BCUT2D eigenvalue weighted by Gasteiger charge is 2.31. The maximum Gasteiger partial charge on any atom is 0.247 e. The summed E-state index contributed by atoms with van der Waals surface area (Å²) >= 11 is 5.81. The Hall–Kier alpha value is -1.84. The van der Waals surface area contributed by atoms with Gasteiger partial charge in [-0.25, -0.2) is 8.42 Å². The van der Waals surface area contributed by atoms with Gasteiger partial charge in [0.25, 0.3) is 0 Å². The van der Waals surface area contributed by atoms with E-state index in [1.165, 1.54) is 18.2 Å². The molecule has 0 aliphatic rings. The summed E-state index contributed by atoms with van der Waals surface area (Å²) in [5.74, 6) is -1.89. The van der Waals surface area contributed by atoms with Crippen molar-refractivity contribution in [3.63, 3.8) is 0 Å². The smallest absolute Gasteiger partial charge is 0.247 e. The van der Waals surface area contributed by atoms with Crippen LogP contribution in [0.15, 0.2) is 23.1 Å². The summed E-state index contributed by atoms with van der Waals surface area (Å²) in [7, 11) is -4.28. The monoisotopic (exact) mass is 320 g/mol. The summed E-state index contributed by atoms with van der Waals surface area (Å²) in [6.07, 6.45) is 0. The number of nitrogens with two attached hydrogens (primary N) is 3. The molecule has 10 heteroatoms. The number of amides is 2. The average Bonchev–Trinajstić information content (AvgIpc) is 2.26. The molecule has 0 saturated carbocycles. The van der Waals surface area contributed by atoms with Crippen LogP contribution in [0.5, 0.6) is 0 Å². The maximum absolute atomic E-state index is 12.4. The van der Waals surface area contributed by atoms with Gasteiger partial charge >= 0.3 is 0 Å². The van der Waals surface area contributed by atoms with Crippen LogP contribution < -0.4 is 17.2 Å². The molecule has 0 bridgehead atoms. The van der Waals surface area contributed by atoms with Crippen LogP contribution in [0.1, 0.15) is 0 Å². The van der Waals surface area contributed by atoms with Gasteiger partial charge in [0.05, 0.1) is 23.8 Å². The number of carbonyl (C=O) groups excluding carboxylic acids is 2. The van der Waals surface area contributed by atoms with Crippen LogP contribution in [-0.4, -0.2) is 37.6 Å². The summed E-state index contributed by atoms with van der Waals surface area (Å²) in [6, 6.07) is 4.10. The van der Waals surface area contributed by atoms with E-state index in [1.807, 2.05) is 0 Å². The Morgan fingerprint density at radius 3 is 2.05 bits per heavy atom. The van der Waals surface area contributed by atoms with Crippen molar-refractivity contribution in [2.24, 2.45) is 11.5 Å². The van der Waals surface area contributed by atoms with E-state index in [4.69, 9.17) is 28.8 Å². The average molecular weight is 321 g/mol. The van der Waals surface area contributed by atoms with Crippen LogP contribution in [0, 0.1) is 0 Å². The first-order valence-corrected chi connectivity index (χ1v) is 7.08. The second-order valence-corrected chi connectivity index (χ2v) is 6.15.